The first-order valence-corrected chi connectivity index (χ1v) is 4.98. The molecule has 0 aromatic rings. The van der Waals surface area contributed by atoms with Gasteiger partial charge in [0, 0.05) is 19.3 Å². The molecule has 0 saturated carbocycles. The fourth-order valence-electron chi connectivity index (χ4n) is 0.899. The van der Waals surface area contributed by atoms with E-state index in [1.54, 1.807) is 7.11 Å². The van der Waals surface area contributed by atoms with Crippen LogP contribution in [-0.4, -0.2) is 29.8 Å². The summed E-state index contributed by atoms with van der Waals surface area (Å²) >= 11 is 0. The van der Waals surface area contributed by atoms with E-state index in [0.717, 1.165) is 29.9 Å². The Bertz CT molecular complexity index is 94.1. The van der Waals surface area contributed by atoms with Gasteiger partial charge in [0.05, 0.1) is 0 Å². The van der Waals surface area contributed by atoms with Crippen LogP contribution in [0.15, 0.2) is 0 Å². The number of hydrogen-bond acceptors (Lipinski definition) is 2. The maximum atomic E-state index is 5.42. The van der Waals surface area contributed by atoms with Crippen molar-refractivity contribution in [1.82, 2.24) is 0 Å². The second-order valence-corrected chi connectivity index (χ2v) is 3.82. The SMILES string of the molecule is COCCCCC(C)(C)O[SiH3]. The van der Waals surface area contributed by atoms with E-state index >= 15 is 0 Å². The molecule has 11 heavy (non-hydrogen) atoms. The summed E-state index contributed by atoms with van der Waals surface area (Å²) in [4.78, 5) is 0. The molecule has 0 N–H and O–H groups in total. The summed E-state index contributed by atoms with van der Waals surface area (Å²) in [6, 6.07) is 0. The van der Waals surface area contributed by atoms with Crippen LogP contribution in [0, 0.1) is 0 Å². The highest BCUT2D eigenvalue weighted by Crippen LogP contribution is 2.15. The minimum Gasteiger partial charge on any atom is -0.423 e. The summed E-state index contributed by atoms with van der Waals surface area (Å²) in [7, 11) is 2.58. The zero-order valence-electron chi connectivity index (χ0n) is 8.14. The minimum absolute atomic E-state index is 0.0972. The van der Waals surface area contributed by atoms with Crippen LogP contribution in [-0.2, 0) is 9.16 Å². The lowest BCUT2D eigenvalue weighted by Crippen LogP contribution is -2.22. The molecule has 0 bridgehead atoms. The fourth-order valence-corrected chi connectivity index (χ4v) is 1.10. The molecule has 0 aliphatic heterocycles. The predicted molar refractivity (Wildman–Crippen MR) is 50.8 cm³/mol. The Balaban J connectivity index is 3.23. The monoisotopic (exact) mass is 176 g/mol. The zero-order chi connectivity index (χ0) is 8.74. The van der Waals surface area contributed by atoms with E-state index in [1.807, 2.05) is 0 Å². The van der Waals surface area contributed by atoms with Crippen molar-refractivity contribution in [2.75, 3.05) is 13.7 Å². The Morgan fingerprint density at radius 2 is 1.91 bits per heavy atom. The first-order chi connectivity index (χ1) is 5.12. The highest BCUT2D eigenvalue weighted by molar-refractivity contribution is 5.98. The molecule has 0 unspecified atom stereocenters. The molecule has 3 heteroatoms. The number of unbranched alkanes of at least 4 members (excludes halogenated alkanes) is 1. The van der Waals surface area contributed by atoms with E-state index in [-0.39, 0.29) is 5.60 Å². The lowest BCUT2D eigenvalue weighted by molar-refractivity contribution is 0.104. The van der Waals surface area contributed by atoms with Crippen LogP contribution >= 0.6 is 0 Å². The topological polar surface area (TPSA) is 18.5 Å². The molecule has 0 fully saturated rings. The van der Waals surface area contributed by atoms with Crippen molar-refractivity contribution in [3.05, 3.63) is 0 Å². The normalized spacial score (nSPS) is 12.3. The van der Waals surface area contributed by atoms with Gasteiger partial charge in [0.2, 0.25) is 0 Å². The van der Waals surface area contributed by atoms with Crippen molar-refractivity contribution >= 4 is 10.5 Å². The summed E-state index contributed by atoms with van der Waals surface area (Å²) in [6.45, 7) is 5.16. The largest absolute Gasteiger partial charge is 0.423 e. The lowest BCUT2D eigenvalue weighted by atomic mass is 10.0. The molecule has 0 rings (SSSR count). The number of hydrogen-bond donors (Lipinski definition) is 0. The van der Waals surface area contributed by atoms with Crippen molar-refractivity contribution in [3.8, 4) is 0 Å². The quantitative estimate of drug-likeness (QED) is 0.442. The van der Waals surface area contributed by atoms with Crippen molar-refractivity contribution < 1.29 is 9.16 Å². The van der Waals surface area contributed by atoms with Gasteiger partial charge in [0.25, 0.3) is 0 Å². The molecule has 0 aromatic carbocycles. The molecule has 0 spiro atoms. The Morgan fingerprint density at radius 1 is 1.27 bits per heavy atom. The fraction of sp³-hybridized carbons (Fsp3) is 1.00. The van der Waals surface area contributed by atoms with E-state index in [1.165, 1.54) is 6.42 Å². The van der Waals surface area contributed by atoms with E-state index in [0.29, 0.717) is 0 Å². The zero-order valence-corrected chi connectivity index (χ0v) is 10.1. The van der Waals surface area contributed by atoms with Crippen LogP contribution < -0.4 is 0 Å². The molecule has 0 amide bonds. The van der Waals surface area contributed by atoms with Crippen LogP contribution in [0.1, 0.15) is 33.1 Å². The van der Waals surface area contributed by atoms with E-state index < -0.39 is 0 Å². The molecule has 2 nitrogen and oxygen atoms in total. The number of ether oxygens (including phenoxy) is 1. The van der Waals surface area contributed by atoms with Gasteiger partial charge in [-0.25, -0.2) is 0 Å². The second-order valence-electron chi connectivity index (χ2n) is 3.41. The van der Waals surface area contributed by atoms with Crippen LogP contribution in [0.5, 0.6) is 0 Å². The standard InChI is InChI=1S/C8H20O2Si/c1-8(2,10-11)6-4-5-7-9-3/h4-7H2,1-3,11H3. The average Bonchev–Trinajstić information content (AvgIpc) is 1.99. The summed E-state index contributed by atoms with van der Waals surface area (Å²) in [6.07, 6.45) is 3.48. The highest BCUT2D eigenvalue weighted by Gasteiger charge is 2.13. The molecular weight excluding hydrogens is 156 g/mol. The molecule has 68 valence electrons. The Hall–Kier alpha value is 0.137. The van der Waals surface area contributed by atoms with Crippen LogP contribution in [0.3, 0.4) is 0 Å². The van der Waals surface area contributed by atoms with Crippen molar-refractivity contribution in [3.63, 3.8) is 0 Å². The minimum atomic E-state index is 0.0972. The molecule has 0 atom stereocenters. The van der Waals surface area contributed by atoms with Gasteiger partial charge >= 0.3 is 0 Å². The predicted octanol–water partition coefficient (Wildman–Crippen LogP) is 0.879. The number of methoxy groups -OCH3 is 1. The summed E-state index contributed by atoms with van der Waals surface area (Å²) in [5.74, 6) is 0. The maximum absolute atomic E-state index is 5.42. The smallest absolute Gasteiger partial charge is 0.146 e. The van der Waals surface area contributed by atoms with Crippen molar-refractivity contribution in [1.29, 1.82) is 0 Å². The molecule has 0 aliphatic rings. The van der Waals surface area contributed by atoms with E-state index in [9.17, 15) is 0 Å². The van der Waals surface area contributed by atoms with Gasteiger partial charge in [-0.05, 0) is 33.1 Å². The molecule has 0 heterocycles. The van der Waals surface area contributed by atoms with Crippen LogP contribution in [0.2, 0.25) is 0 Å². The summed E-state index contributed by atoms with van der Waals surface area (Å²) in [5, 5.41) is 0. The van der Waals surface area contributed by atoms with Crippen LogP contribution in [0.4, 0.5) is 0 Å². The molecular formula is C8H20O2Si. The third kappa shape index (κ3) is 6.53. The van der Waals surface area contributed by atoms with Crippen molar-refractivity contribution in [2.24, 2.45) is 0 Å². The van der Waals surface area contributed by atoms with Gasteiger partial charge in [-0.2, -0.15) is 0 Å². The number of rotatable bonds is 6. The van der Waals surface area contributed by atoms with E-state index in [4.69, 9.17) is 9.16 Å². The molecule has 0 aromatic heterocycles. The van der Waals surface area contributed by atoms with Gasteiger partial charge < -0.3 is 9.16 Å². The van der Waals surface area contributed by atoms with Gasteiger partial charge in [-0.1, -0.05) is 0 Å². The lowest BCUT2D eigenvalue weighted by Gasteiger charge is -2.23. The van der Waals surface area contributed by atoms with Gasteiger partial charge in [0.1, 0.15) is 10.5 Å². The van der Waals surface area contributed by atoms with Gasteiger partial charge in [-0.15, -0.1) is 0 Å². The van der Waals surface area contributed by atoms with Gasteiger partial charge in [0.15, 0.2) is 0 Å². The Morgan fingerprint density at radius 3 is 2.36 bits per heavy atom. The molecule has 0 aliphatic carbocycles. The Kier molecular flexibility index (Phi) is 5.82. The highest BCUT2D eigenvalue weighted by atomic mass is 28.2. The summed E-state index contributed by atoms with van der Waals surface area (Å²) < 4.78 is 10.4. The van der Waals surface area contributed by atoms with Crippen molar-refractivity contribution in [2.45, 2.75) is 38.7 Å². The molecule has 0 saturated heterocycles. The average molecular weight is 176 g/mol. The third-order valence-corrected chi connectivity index (χ3v) is 3.04. The molecule has 0 radical (unpaired) electrons. The first-order valence-electron chi connectivity index (χ1n) is 4.16. The summed E-state index contributed by atoms with van der Waals surface area (Å²) in [5.41, 5.74) is 0.0972. The Labute approximate surface area is 72.8 Å². The van der Waals surface area contributed by atoms with Gasteiger partial charge in [-0.3, -0.25) is 0 Å². The maximum Gasteiger partial charge on any atom is 0.146 e. The second kappa shape index (κ2) is 5.74. The van der Waals surface area contributed by atoms with Crippen LogP contribution in [0.25, 0.3) is 0 Å². The third-order valence-electron chi connectivity index (χ3n) is 1.93. The first kappa shape index (κ1) is 11.1. The van der Waals surface area contributed by atoms with E-state index in [2.05, 4.69) is 13.8 Å².